The van der Waals surface area contributed by atoms with Gasteiger partial charge in [0.2, 0.25) is 0 Å². The van der Waals surface area contributed by atoms with Crippen molar-refractivity contribution < 1.29 is 13.2 Å². The van der Waals surface area contributed by atoms with Gasteiger partial charge in [0.25, 0.3) is 0 Å². The van der Waals surface area contributed by atoms with E-state index in [0.29, 0.717) is 12.0 Å². The lowest BCUT2D eigenvalue weighted by Gasteiger charge is -2.09. The minimum atomic E-state index is -4.33. The van der Waals surface area contributed by atoms with E-state index in [2.05, 4.69) is 10.1 Å². The number of nitrogens with zero attached hydrogens (tertiary/aromatic N) is 3. The Morgan fingerprint density at radius 2 is 1.79 bits per heavy atom. The summed E-state index contributed by atoms with van der Waals surface area (Å²) in [5.41, 5.74) is 2.67. The summed E-state index contributed by atoms with van der Waals surface area (Å²) >= 11 is 0. The number of rotatable bonds is 4. The Morgan fingerprint density at radius 1 is 0.929 bits per heavy atom. The molecule has 140 valence electrons. The predicted octanol–water partition coefficient (Wildman–Crippen LogP) is 5.67. The molecule has 2 aromatic carbocycles. The van der Waals surface area contributed by atoms with Crippen LogP contribution in [-0.4, -0.2) is 14.8 Å². The second kappa shape index (κ2) is 7.31. The Balaban J connectivity index is 1.57. The van der Waals surface area contributed by atoms with E-state index in [4.69, 9.17) is 0 Å². The number of benzene rings is 2. The van der Waals surface area contributed by atoms with Crippen LogP contribution in [0.1, 0.15) is 22.4 Å². The number of fused-ring (bicyclic) bond motifs is 1. The van der Waals surface area contributed by atoms with Crippen molar-refractivity contribution in [1.29, 1.82) is 0 Å². The van der Waals surface area contributed by atoms with E-state index in [9.17, 15) is 13.2 Å². The zero-order valence-corrected chi connectivity index (χ0v) is 14.8. The van der Waals surface area contributed by atoms with Crippen LogP contribution in [-0.2, 0) is 12.6 Å². The van der Waals surface area contributed by atoms with Crippen LogP contribution in [0.25, 0.3) is 23.2 Å². The zero-order chi connectivity index (χ0) is 19.6. The Hall–Kier alpha value is -3.41. The van der Waals surface area contributed by atoms with E-state index < -0.39 is 11.7 Å². The highest BCUT2D eigenvalue weighted by molar-refractivity contribution is 5.82. The average molecular weight is 379 g/mol. The molecule has 4 rings (SSSR count). The molecule has 0 aliphatic carbocycles. The standard InChI is InChI=1S/C22H16F3N3/c23-22(24,25)19-5-3-4-16(14-19)12-17-7-8-21-18(13-17)15-27-28(21)11-9-20-6-1-2-10-26-20/h1-11,13-15H,12H2. The molecule has 0 unspecified atom stereocenters. The van der Waals surface area contributed by atoms with Gasteiger partial charge in [0.1, 0.15) is 0 Å². The Bertz CT molecular complexity index is 1130. The highest BCUT2D eigenvalue weighted by Crippen LogP contribution is 2.30. The van der Waals surface area contributed by atoms with Gasteiger partial charge in [-0.15, -0.1) is 0 Å². The highest BCUT2D eigenvalue weighted by atomic mass is 19.4. The molecule has 0 bridgehead atoms. The van der Waals surface area contributed by atoms with Crippen molar-refractivity contribution in [3.63, 3.8) is 0 Å². The average Bonchev–Trinajstić information content (AvgIpc) is 3.09. The van der Waals surface area contributed by atoms with Crippen LogP contribution in [0.2, 0.25) is 0 Å². The van der Waals surface area contributed by atoms with Gasteiger partial charge < -0.3 is 0 Å². The molecule has 0 fully saturated rings. The fourth-order valence-electron chi connectivity index (χ4n) is 3.05. The van der Waals surface area contributed by atoms with Crippen molar-refractivity contribution in [1.82, 2.24) is 14.8 Å². The van der Waals surface area contributed by atoms with E-state index in [1.54, 1.807) is 23.1 Å². The molecule has 0 saturated heterocycles. The lowest BCUT2D eigenvalue weighted by molar-refractivity contribution is -0.137. The van der Waals surface area contributed by atoms with Crippen LogP contribution >= 0.6 is 0 Å². The van der Waals surface area contributed by atoms with Crippen molar-refractivity contribution in [2.45, 2.75) is 12.6 Å². The second-order valence-corrected chi connectivity index (χ2v) is 6.43. The third kappa shape index (κ3) is 3.96. The summed E-state index contributed by atoms with van der Waals surface area (Å²) in [5, 5.41) is 5.28. The molecule has 0 saturated carbocycles. The van der Waals surface area contributed by atoms with E-state index in [1.165, 1.54) is 12.1 Å². The molecule has 0 radical (unpaired) electrons. The van der Waals surface area contributed by atoms with Gasteiger partial charge in [-0.3, -0.25) is 4.98 Å². The number of pyridine rings is 1. The Kier molecular flexibility index (Phi) is 4.69. The maximum atomic E-state index is 12.9. The second-order valence-electron chi connectivity index (χ2n) is 6.43. The maximum Gasteiger partial charge on any atom is 0.416 e. The van der Waals surface area contributed by atoms with E-state index in [0.717, 1.165) is 28.2 Å². The third-order valence-corrected chi connectivity index (χ3v) is 4.40. The molecule has 0 spiro atoms. The predicted molar refractivity (Wildman–Crippen MR) is 103 cm³/mol. The summed E-state index contributed by atoms with van der Waals surface area (Å²) in [6.07, 6.45) is 3.25. The third-order valence-electron chi connectivity index (χ3n) is 4.40. The van der Waals surface area contributed by atoms with Crippen LogP contribution in [0.5, 0.6) is 0 Å². The van der Waals surface area contributed by atoms with Gasteiger partial charge in [-0.2, -0.15) is 18.3 Å². The van der Waals surface area contributed by atoms with Crippen molar-refractivity contribution in [3.8, 4) is 0 Å². The molecule has 0 aliphatic heterocycles. The monoisotopic (exact) mass is 379 g/mol. The van der Waals surface area contributed by atoms with Gasteiger partial charge in [0, 0.05) is 17.8 Å². The van der Waals surface area contributed by atoms with Crippen LogP contribution in [0, 0.1) is 0 Å². The minimum Gasteiger partial charge on any atom is -0.257 e. The Labute approximate surface area is 159 Å². The lowest BCUT2D eigenvalue weighted by atomic mass is 10.0. The van der Waals surface area contributed by atoms with Gasteiger partial charge in [-0.25, -0.2) is 4.68 Å². The number of alkyl halides is 3. The SMILES string of the molecule is FC(F)(F)c1cccc(Cc2ccc3c(cnn3C=Cc3ccccn3)c2)c1. The molecule has 2 heterocycles. The first-order valence-electron chi connectivity index (χ1n) is 8.70. The lowest BCUT2D eigenvalue weighted by Crippen LogP contribution is -2.05. The molecule has 3 nitrogen and oxygen atoms in total. The van der Waals surface area contributed by atoms with Gasteiger partial charge in [0.05, 0.1) is 23.0 Å². The van der Waals surface area contributed by atoms with Crippen molar-refractivity contribution in [3.05, 3.63) is 95.4 Å². The number of halogens is 3. The minimum absolute atomic E-state index is 0.425. The first kappa shape index (κ1) is 18.0. The first-order chi connectivity index (χ1) is 13.5. The largest absolute Gasteiger partial charge is 0.416 e. The summed E-state index contributed by atoms with van der Waals surface area (Å²) < 4.78 is 40.4. The number of aromatic nitrogens is 3. The van der Waals surface area contributed by atoms with Crippen LogP contribution in [0.4, 0.5) is 13.2 Å². The number of hydrogen-bond donors (Lipinski definition) is 0. The van der Waals surface area contributed by atoms with Gasteiger partial charge in [0.15, 0.2) is 0 Å². The molecular weight excluding hydrogens is 363 g/mol. The molecule has 0 atom stereocenters. The molecule has 0 N–H and O–H groups in total. The summed E-state index contributed by atoms with van der Waals surface area (Å²) in [4.78, 5) is 4.24. The molecule has 2 aromatic heterocycles. The van der Waals surface area contributed by atoms with Gasteiger partial charge in [-0.1, -0.05) is 30.3 Å². The molecule has 4 aromatic rings. The zero-order valence-electron chi connectivity index (χ0n) is 14.8. The van der Waals surface area contributed by atoms with Gasteiger partial charge >= 0.3 is 6.18 Å². The normalized spacial score (nSPS) is 12.1. The summed E-state index contributed by atoms with van der Waals surface area (Å²) in [7, 11) is 0. The topological polar surface area (TPSA) is 30.7 Å². The Morgan fingerprint density at radius 3 is 2.57 bits per heavy atom. The summed E-state index contributed by atoms with van der Waals surface area (Å²) in [6, 6.07) is 16.9. The van der Waals surface area contributed by atoms with E-state index >= 15 is 0 Å². The molecular formula is C22H16F3N3. The van der Waals surface area contributed by atoms with Crippen LogP contribution < -0.4 is 0 Å². The molecule has 28 heavy (non-hydrogen) atoms. The van der Waals surface area contributed by atoms with Crippen LogP contribution in [0.3, 0.4) is 0 Å². The maximum absolute atomic E-state index is 12.9. The number of hydrogen-bond acceptors (Lipinski definition) is 2. The van der Waals surface area contributed by atoms with Gasteiger partial charge in [-0.05, 0) is 54.0 Å². The smallest absolute Gasteiger partial charge is 0.257 e. The van der Waals surface area contributed by atoms with Crippen molar-refractivity contribution in [2.75, 3.05) is 0 Å². The van der Waals surface area contributed by atoms with Crippen LogP contribution in [0.15, 0.2) is 73.1 Å². The van der Waals surface area contributed by atoms with Crippen molar-refractivity contribution >= 4 is 23.2 Å². The molecule has 6 heteroatoms. The van der Waals surface area contributed by atoms with E-state index in [1.807, 2.05) is 48.7 Å². The molecule has 0 aliphatic rings. The summed E-state index contributed by atoms with van der Waals surface area (Å²) in [5.74, 6) is 0. The van der Waals surface area contributed by atoms with Crippen molar-refractivity contribution in [2.24, 2.45) is 0 Å². The molecule has 0 amide bonds. The first-order valence-corrected chi connectivity index (χ1v) is 8.70. The highest BCUT2D eigenvalue weighted by Gasteiger charge is 2.30. The fraction of sp³-hybridized carbons (Fsp3) is 0.0909. The summed E-state index contributed by atoms with van der Waals surface area (Å²) in [6.45, 7) is 0. The quantitative estimate of drug-likeness (QED) is 0.457. The fourth-order valence-corrected chi connectivity index (χ4v) is 3.05. The van der Waals surface area contributed by atoms with E-state index in [-0.39, 0.29) is 0 Å².